The molecule has 0 aromatic heterocycles. The number of amides is 1. The van der Waals surface area contributed by atoms with Gasteiger partial charge in [0.25, 0.3) is 0 Å². The second-order valence-corrected chi connectivity index (χ2v) is 7.95. The lowest BCUT2D eigenvalue weighted by atomic mass is 9.87. The molecule has 4 rings (SSSR count). The molecule has 2 fully saturated rings. The van der Waals surface area contributed by atoms with E-state index in [1.54, 1.807) is 4.90 Å². The fourth-order valence-electron chi connectivity index (χ4n) is 4.21. The number of rotatable bonds is 7. The van der Waals surface area contributed by atoms with Gasteiger partial charge >= 0.3 is 6.09 Å². The van der Waals surface area contributed by atoms with Crippen molar-refractivity contribution in [3.05, 3.63) is 65.7 Å². The second kappa shape index (κ2) is 9.13. The van der Waals surface area contributed by atoms with Gasteiger partial charge in [0.2, 0.25) is 0 Å². The van der Waals surface area contributed by atoms with E-state index in [0.717, 1.165) is 35.8 Å². The van der Waals surface area contributed by atoms with Crippen molar-refractivity contribution in [2.75, 3.05) is 13.2 Å². The van der Waals surface area contributed by atoms with Gasteiger partial charge < -0.3 is 9.47 Å². The normalized spacial score (nSPS) is 20.2. The lowest BCUT2D eigenvalue weighted by Gasteiger charge is -2.21. The molecule has 2 aromatic rings. The highest BCUT2D eigenvalue weighted by atomic mass is 16.6. The maximum atomic E-state index is 12.2. The molecule has 2 aromatic carbocycles. The summed E-state index contributed by atoms with van der Waals surface area (Å²) in [5.41, 5.74) is 2.13. The van der Waals surface area contributed by atoms with Crippen LogP contribution in [-0.4, -0.2) is 24.1 Å². The average Bonchev–Trinajstić information content (AvgIpc) is 3.11. The minimum absolute atomic E-state index is 0.184. The first kappa shape index (κ1) is 18.9. The van der Waals surface area contributed by atoms with Crippen LogP contribution < -0.4 is 4.74 Å². The van der Waals surface area contributed by atoms with Crippen molar-refractivity contribution in [3.63, 3.8) is 0 Å². The highest BCUT2D eigenvalue weighted by Crippen LogP contribution is 2.28. The summed E-state index contributed by atoms with van der Waals surface area (Å²) in [5.74, 6) is 1.75. The summed E-state index contributed by atoms with van der Waals surface area (Å²) < 4.78 is 11.5. The number of cyclic esters (lactones) is 1. The summed E-state index contributed by atoms with van der Waals surface area (Å²) in [5, 5.41) is 0. The summed E-state index contributed by atoms with van der Waals surface area (Å²) in [4.78, 5) is 14.0. The Bertz CT molecular complexity index is 753. The maximum absolute atomic E-state index is 12.2. The van der Waals surface area contributed by atoms with Gasteiger partial charge in [0, 0.05) is 6.54 Å². The quantitative estimate of drug-likeness (QED) is 0.617. The largest absolute Gasteiger partial charge is 0.494 e. The van der Waals surface area contributed by atoms with Crippen LogP contribution in [0.4, 0.5) is 4.79 Å². The van der Waals surface area contributed by atoms with Gasteiger partial charge in [-0.1, -0.05) is 74.6 Å². The maximum Gasteiger partial charge on any atom is 0.410 e. The van der Waals surface area contributed by atoms with E-state index in [1.807, 2.05) is 54.6 Å². The second-order valence-electron chi connectivity index (χ2n) is 7.95. The molecule has 4 heteroatoms. The van der Waals surface area contributed by atoms with Crippen LogP contribution in [0.1, 0.15) is 55.8 Å². The zero-order valence-corrected chi connectivity index (χ0v) is 16.4. The molecule has 0 bridgehead atoms. The van der Waals surface area contributed by atoms with E-state index >= 15 is 0 Å². The lowest BCUT2D eigenvalue weighted by Crippen LogP contribution is -2.23. The molecule has 28 heavy (non-hydrogen) atoms. The van der Waals surface area contributed by atoms with Gasteiger partial charge in [0.15, 0.2) is 0 Å². The zero-order chi connectivity index (χ0) is 19.2. The van der Waals surface area contributed by atoms with Crippen LogP contribution >= 0.6 is 0 Å². The fraction of sp³-hybridized carbons (Fsp3) is 0.458. The minimum atomic E-state index is -0.248. The number of hydrogen-bond donors (Lipinski definition) is 0. The van der Waals surface area contributed by atoms with Crippen molar-refractivity contribution in [3.8, 4) is 5.75 Å². The Labute approximate surface area is 167 Å². The third-order valence-corrected chi connectivity index (χ3v) is 5.88. The molecule has 1 saturated heterocycles. The van der Waals surface area contributed by atoms with Crippen LogP contribution in [0, 0.1) is 5.92 Å². The standard InChI is InChI=1S/C24H29NO3/c26-24-25(18-23(28-24)21-9-5-2-6-10-21)17-20-11-13-22(14-12-20)27-16-15-19-7-3-1-4-8-19/h2,5-6,9-14,19,23H,1,3-4,7-8,15-18H2. The molecule has 1 amide bonds. The van der Waals surface area contributed by atoms with Crippen molar-refractivity contribution < 1.29 is 14.3 Å². The van der Waals surface area contributed by atoms with Crippen LogP contribution in [0.2, 0.25) is 0 Å². The molecule has 2 aliphatic rings. The molecule has 1 atom stereocenters. The van der Waals surface area contributed by atoms with Crippen molar-refractivity contribution in [1.29, 1.82) is 0 Å². The zero-order valence-electron chi connectivity index (χ0n) is 16.4. The van der Waals surface area contributed by atoms with Crippen LogP contribution in [0.25, 0.3) is 0 Å². The van der Waals surface area contributed by atoms with Crippen molar-refractivity contribution in [2.45, 2.75) is 51.2 Å². The summed E-state index contributed by atoms with van der Waals surface area (Å²) >= 11 is 0. The molecule has 0 radical (unpaired) electrons. The molecule has 0 N–H and O–H groups in total. The van der Waals surface area contributed by atoms with Gasteiger partial charge in [-0.3, -0.25) is 4.90 Å². The molecule has 1 aliphatic carbocycles. The Morgan fingerprint density at radius 3 is 2.46 bits per heavy atom. The van der Waals surface area contributed by atoms with Gasteiger partial charge in [0.05, 0.1) is 13.2 Å². The van der Waals surface area contributed by atoms with E-state index in [2.05, 4.69) is 0 Å². The smallest absolute Gasteiger partial charge is 0.410 e. The number of nitrogens with zero attached hydrogens (tertiary/aromatic N) is 1. The van der Waals surface area contributed by atoms with Crippen molar-refractivity contribution in [2.24, 2.45) is 5.92 Å². The number of benzene rings is 2. The Morgan fingerprint density at radius 1 is 0.964 bits per heavy atom. The number of carbonyl (C=O) groups excluding carboxylic acids is 1. The van der Waals surface area contributed by atoms with Gasteiger partial charge in [-0.25, -0.2) is 4.79 Å². The summed E-state index contributed by atoms with van der Waals surface area (Å²) in [6.07, 6.45) is 7.60. The molecular formula is C24H29NO3. The van der Waals surface area contributed by atoms with Crippen LogP contribution in [0.5, 0.6) is 5.75 Å². The lowest BCUT2D eigenvalue weighted by molar-refractivity contribution is 0.132. The van der Waals surface area contributed by atoms with E-state index in [4.69, 9.17) is 9.47 Å². The Morgan fingerprint density at radius 2 is 1.71 bits per heavy atom. The molecule has 1 saturated carbocycles. The number of ether oxygens (including phenoxy) is 2. The van der Waals surface area contributed by atoms with E-state index in [1.165, 1.54) is 32.1 Å². The first-order valence-corrected chi connectivity index (χ1v) is 10.5. The average molecular weight is 380 g/mol. The van der Waals surface area contributed by atoms with Crippen molar-refractivity contribution in [1.82, 2.24) is 4.90 Å². The van der Waals surface area contributed by atoms with E-state index in [0.29, 0.717) is 13.1 Å². The first-order chi connectivity index (χ1) is 13.8. The van der Waals surface area contributed by atoms with Gasteiger partial charge in [-0.05, 0) is 35.6 Å². The predicted molar refractivity (Wildman–Crippen MR) is 109 cm³/mol. The topological polar surface area (TPSA) is 38.8 Å². The van der Waals surface area contributed by atoms with Crippen molar-refractivity contribution >= 4 is 6.09 Å². The monoisotopic (exact) mass is 379 g/mol. The fourth-order valence-corrected chi connectivity index (χ4v) is 4.21. The third-order valence-electron chi connectivity index (χ3n) is 5.88. The summed E-state index contributed by atoms with van der Waals surface area (Å²) in [6.45, 7) is 1.94. The Kier molecular flexibility index (Phi) is 6.15. The highest BCUT2D eigenvalue weighted by Gasteiger charge is 2.32. The molecular weight excluding hydrogens is 350 g/mol. The Hall–Kier alpha value is -2.49. The molecule has 1 unspecified atom stereocenters. The van der Waals surface area contributed by atoms with Crippen LogP contribution in [0.15, 0.2) is 54.6 Å². The Balaban J connectivity index is 1.25. The molecule has 4 nitrogen and oxygen atoms in total. The highest BCUT2D eigenvalue weighted by molar-refractivity contribution is 5.70. The van der Waals surface area contributed by atoms with Crippen LogP contribution in [0.3, 0.4) is 0 Å². The van der Waals surface area contributed by atoms with Gasteiger partial charge in [-0.2, -0.15) is 0 Å². The van der Waals surface area contributed by atoms with Gasteiger partial charge in [-0.15, -0.1) is 0 Å². The summed E-state index contributed by atoms with van der Waals surface area (Å²) in [6, 6.07) is 18.0. The summed E-state index contributed by atoms with van der Waals surface area (Å²) in [7, 11) is 0. The number of carbonyl (C=O) groups is 1. The predicted octanol–water partition coefficient (Wildman–Crippen LogP) is 5.73. The van der Waals surface area contributed by atoms with E-state index < -0.39 is 0 Å². The molecule has 1 heterocycles. The third kappa shape index (κ3) is 4.86. The van der Waals surface area contributed by atoms with E-state index in [-0.39, 0.29) is 12.2 Å². The molecule has 148 valence electrons. The first-order valence-electron chi connectivity index (χ1n) is 10.5. The minimum Gasteiger partial charge on any atom is -0.494 e. The van der Waals surface area contributed by atoms with Gasteiger partial charge in [0.1, 0.15) is 11.9 Å². The molecule has 0 spiro atoms. The SMILES string of the molecule is O=C1OC(c2ccccc2)CN1Cc1ccc(OCCC2CCCCC2)cc1. The molecule has 1 aliphatic heterocycles. The van der Waals surface area contributed by atoms with E-state index in [9.17, 15) is 4.79 Å². The van der Waals surface area contributed by atoms with Crippen LogP contribution in [-0.2, 0) is 11.3 Å². The number of hydrogen-bond acceptors (Lipinski definition) is 3.